The third kappa shape index (κ3) is 5.00. The molecule has 1 aliphatic heterocycles. The fraction of sp³-hybridized carbons (Fsp3) is 1.00. The van der Waals surface area contributed by atoms with Gasteiger partial charge in [-0.2, -0.15) is 0 Å². The third-order valence-electron chi connectivity index (χ3n) is 6.53. The molecule has 6 N–H and O–H groups in total. The molecule has 1 heterocycles. The molecule has 0 spiro atoms. The minimum Gasteiger partial charge on any atom is -0.396 e. The van der Waals surface area contributed by atoms with Crippen LogP contribution in [-0.4, -0.2) is 86.8 Å². The van der Waals surface area contributed by atoms with Crippen molar-refractivity contribution in [3.05, 3.63) is 0 Å². The van der Waals surface area contributed by atoms with E-state index in [9.17, 15) is 30.6 Å². The molecule has 0 aromatic heterocycles. The molecule has 0 aromatic carbocycles. The van der Waals surface area contributed by atoms with Crippen molar-refractivity contribution in [3.8, 4) is 0 Å². The van der Waals surface area contributed by atoms with Gasteiger partial charge in [-0.25, -0.2) is 0 Å². The van der Waals surface area contributed by atoms with Crippen LogP contribution in [0.4, 0.5) is 0 Å². The van der Waals surface area contributed by atoms with Crippen LogP contribution < -0.4 is 0 Å². The molecule has 0 bridgehead atoms. The summed E-state index contributed by atoms with van der Waals surface area (Å²) in [4.78, 5) is 0. The maximum absolute atomic E-state index is 10.2. The first-order valence-electron chi connectivity index (χ1n) is 9.89. The standard InChI is InChI=1S/C19H36O8/c1-10(22)4-5-12-11(2)13(6-7-19(12,3)9-21)26-18-17(25)16(24)15(23)14(8-20)27-18/h10-18,20-25H,4-9H2,1-3H3/t10-,11+,12+,13-,14-,15-,16+,17-,18-,19-/m1/s1. The van der Waals surface area contributed by atoms with E-state index in [1.807, 2.05) is 13.8 Å². The number of ether oxygens (including phenoxy) is 2. The summed E-state index contributed by atoms with van der Waals surface area (Å²) < 4.78 is 11.5. The monoisotopic (exact) mass is 392 g/mol. The van der Waals surface area contributed by atoms with E-state index in [-0.39, 0.29) is 30.0 Å². The predicted molar refractivity (Wildman–Crippen MR) is 96.6 cm³/mol. The second-order valence-corrected chi connectivity index (χ2v) is 8.61. The molecular weight excluding hydrogens is 356 g/mol. The molecule has 1 aliphatic carbocycles. The molecule has 27 heavy (non-hydrogen) atoms. The lowest BCUT2D eigenvalue weighted by atomic mass is 9.61. The van der Waals surface area contributed by atoms with Crippen molar-refractivity contribution < 1.29 is 40.1 Å². The quantitative estimate of drug-likeness (QED) is 0.337. The molecule has 8 heteroatoms. The van der Waals surface area contributed by atoms with Gasteiger partial charge in [-0.3, -0.25) is 0 Å². The topological polar surface area (TPSA) is 140 Å². The van der Waals surface area contributed by atoms with Gasteiger partial charge in [0.1, 0.15) is 24.4 Å². The number of hydrogen-bond donors (Lipinski definition) is 6. The molecule has 0 radical (unpaired) electrons. The van der Waals surface area contributed by atoms with E-state index in [4.69, 9.17) is 9.47 Å². The smallest absolute Gasteiger partial charge is 0.186 e. The van der Waals surface area contributed by atoms with Crippen LogP contribution in [0.3, 0.4) is 0 Å². The third-order valence-corrected chi connectivity index (χ3v) is 6.53. The van der Waals surface area contributed by atoms with Gasteiger partial charge in [0.25, 0.3) is 0 Å². The van der Waals surface area contributed by atoms with Crippen LogP contribution in [0.2, 0.25) is 0 Å². The minimum atomic E-state index is -1.46. The normalized spacial score (nSPS) is 47.0. The van der Waals surface area contributed by atoms with Crippen molar-refractivity contribution in [1.82, 2.24) is 0 Å². The Morgan fingerprint density at radius 3 is 2.37 bits per heavy atom. The lowest BCUT2D eigenvalue weighted by Gasteiger charge is -2.49. The van der Waals surface area contributed by atoms with Gasteiger partial charge in [0, 0.05) is 6.61 Å². The van der Waals surface area contributed by atoms with E-state index in [1.54, 1.807) is 6.92 Å². The highest BCUT2D eigenvalue weighted by Gasteiger charge is 2.48. The lowest BCUT2D eigenvalue weighted by molar-refractivity contribution is -0.320. The Morgan fingerprint density at radius 1 is 1.15 bits per heavy atom. The Morgan fingerprint density at radius 2 is 1.81 bits per heavy atom. The van der Waals surface area contributed by atoms with Gasteiger partial charge in [0.2, 0.25) is 0 Å². The van der Waals surface area contributed by atoms with Crippen molar-refractivity contribution in [2.45, 2.75) is 89.4 Å². The zero-order valence-corrected chi connectivity index (χ0v) is 16.4. The molecule has 2 fully saturated rings. The number of rotatable bonds is 7. The molecule has 1 saturated carbocycles. The SMILES string of the molecule is C[C@@H]1[C@H](O[C@@H]2O[C@H](CO)[C@@H](O)[C@H](O)[C@H]2O)CC[C@](C)(CO)[C@H]1CC[C@@H](C)O. The fourth-order valence-electron chi connectivity index (χ4n) is 4.59. The van der Waals surface area contributed by atoms with E-state index in [1.165, 1.54) is 0 Å². The Bertz CT molecular complexity index is 459. The first-order chi connectivity index (χ1) is 12.6. The molecule has 10 atom stereocenters. The number of aliphatic hydroxyl groups excluding tert-OH is 6. The van der Waals surface area contributed by atoms with Crippen LogP contribution >= 0.6 is 0 Å². The summed E-state index contributed by atoms with van der Waals surface area (Å²) in [6.07, 6.45) is -4.40. The van der Waals surface area contributed by atoms with E-state index >= 15 is 0 Å². The summed E-state index contributed by atoms with van der Waals surface area (Å²) in [5, 5.41) is 59.0. The largest absolute Gasteiger partial charge is 0.396 e. The Kier molecular flexibility index (Phi) is 8.04. The molecule has 0 amide bonds. The number of hydrogen-bond acceptors (Lipinski definition) is 8. The molecule has 1 saturated heterocycles. The van der Waals surface area contributed by atoms with Gasteiger partial charge in [-0.05, 0) is 49.9 Å². The zero-order chi connectivity index (χ0) is 20.4. The summed E-state index contributed by atoms with van der Waals surface area (Å²) in [5.74, 6) is 0.141. The van der Waals surface area contributed by atoms with Crippen molar-refractivity contribution in [2.24, 2.45) is 17.3 Å². The Labute approximate surface area is 160 Å². The van der Waals surface area contributed by atoms with Gasteiger partial charge in [0.15, 0.2) is 6.29 Å². The van der Waals surface area contributed by atoms with Gasteiger partial charge in [0.05, 0.1) is 18.8 Å². The summed E-state index contributed by atoms with van der Waals surface area (Å²) >= 11 is 0. The van der Waals surface area contributed by atoms with Gasteiger partial charge >= 0.3 is 0 Å². The molecule has 2 rings (SSSR count). The lowest BCUT2D eigenvalue weighted by Crippen LogP contribution is -2.60. The highest BCUT2D eigenvalue weighted by molar-refractivity contribution is 4.95. The molecular formula is C19H36O8. The Hall–Kier alpha value is -0.320. The van der Waals surface area contributed by atoms with Crippen molar-refractivity contribution in [1.29, 1.82) is 0 Å². The van der Waals surface area contributed by atoms with Crippen LogP contribution in [0.1, 0.15) is 46.5 Å². The fourth-order valence-corrected chi connectivity index (χ4v) is 4.59. The first kappa shape index (κ1) is 23.0. The zero-order valence-electron chi connectivity index (χ0n) is 16.4. The molecule has 2 aliphatic rings. The predicted octanol–water partition coefficient (Wildman–Crippen LogP) is -0.623. The summed E-state index contributed by atoms with van der Waals surface area (Å²) in [7, 11) is 0. The maximum atomic E-state index is 10.2. The first-order valence-corrected chi connectivity index (χ1v) is 9.89. The van der Waals surface area contributed by atoms with Crippen LogP contribution in [-0.2, 0) is 9.47 Å². The van der Waals surface area contributed by atoms with Crippen LogP contribution in [0.15, 0.2) is 0 Å². The second-order valence-electron chi connectivity index (χ2n) is 8.61. The van der Waals surface area contributed by atoms with E-state index < -0.39 is 43.4 Å². The van der Waals surface area contributed by atoms with E-state index in [0.717, 1.165) is 12.8 Å². The average Bonchev–Trinajstić information content (AvgIpc) is 2.63. The summed E-state index contributed by atoms with van der Waals surface area (Å²) in [5.41, 5.74) is -0.274. The highest BCUT2D eigenvalue weighted by Crippen LogP contribution is 2.48. The maximum Gasteiger partial charge on any atom is 0.186 e. The van der Waals surface area contributed by atoms with Gasteiger partial charge in [-0.15, -0.1) is 0 Å². The number of aliphatic hydroxyl groups is 6. The van der Waals surface area contributed by atoms with Crippen LogP contribution in [0.5, 0.6) is 0 Å². The van der Waals surface area contributed by atoms with Gasteiger partial charge < -0.3 is 40.1 Å². The molecule has 0 aromatic rings. The molecule has 160 valence electrons. The van der Waals surface area contributed by atoms with Gasteiger partial charge in [-0.1, -0.05) is 13.8 Å². The highest BCUT2D eigenvalue weighted by atomic mass is 16.7. The van der Waals surface area contributed by atoms with Crippen LogP contribution in [0.25, 0.3) is 0 Å². The minimum absolute atomic E-state index is 0.0296. The molecule has 0 unspecified atom stereocenters. The summed E-state index contributed by atoms with van der Waals surface area (Å²) in [6, 6.07) is 0. The van der Waals surface area contributed by atoms with Crippen molar-refractivity contribution in [3.63, 3.8) is 0 Å². The van der Waals surface area contributed by atoms with Crippen LogP contribution in [0, 0.1) is 17.3 Å². The second kappa shape index (κ2) is 9.45. The average molecular weight is 392 g/mol. The Balaban J connectivity index is 2.09. The molecule has 8 nitrogen and oxygen atoms in total. The summed E-state index contributed by atoms with van der Waals surface area (Å²) in [6.45, 7) is 5.36. The van der Waals surface area contributed by atoms with Crippen molar-refractivity contribution >= 4 is 0 Å². The van der Waals surface area contributed by atoms with E-state index in [0.29, 0.717) is 12.8 Å². The van der Waals surface area contributed by atoms with E-state index in [2.05, 4.69) is 0 Å². The van der Waals surface area contributed by atoms with Crippen molar-refractivity contribution in [2.75, 3.05) is 13.2 Å².